The Labute approximate surface area is 275 Å². The smallest absolute Gasteiger partial charge is 0.143 e. The first kappa shape index (κ1) is 27.7. The Morgan fingerprint density at radius 3 is 2.11 bits per heavy atom. The molecular weight excluding hydrogens is 571 g/mol. The Balaban J connectivity index is 1.21. The van der Waals surface area contributed by atoms with Gasteiger partial charge in [0.2, 0.25) is 0 Å². The van der Waals surface area contributed by atoms with Crippen molar-refractivity contribution in [1.29, 1.82) is 0 Å². The van der Waals surface area contributed by atoms with Crippen LogP contribution in [0.25, 0.3) is 49.8 Å². The van der Waals surface area contributed by atoms with Crippen LogP contribution in [0.15, 0.2) is 168 Å². The van der Waals surface area contributed by atoms with Gasteiger partial charge in [-0.3, -0.25) is 0 Å². The summed E-state index contributed by atoms with van der Waals surface area (Å²) in [5, 5.41) is 2.29. The number of allylic oxidation sites excluding steroid dienone is 2. The second-order valence-electron chi connectivity index (χ2n) is 13.3. The van der Waals surface area contributed by atoms with Crippen LogP contribution in [0.2, 0.25) is 0 Å². The third-order valence-electron chi connectivity index (χ3n) is 10.3. The van der Waals surface area contributed by atoms with Crippen molar-refractivity contribution < 1.29 is 4.42 Å². The van der Waals surface area contributed by atoms with E-state index >= 15 is 0 Å². The number of rotatable bonds is 5. The molecule has 0 aliphatic heterocycles. The minimum Gasteiger partial charge on any atom is -0.455 e. The van der Waals surface area contributed by atoms with Crippen LogP contribution in [0, 0.1) is 0 Å². The molecule has 47 heavy (non-hydrogen) atoms. The Bertz CT molecular complexity index is 2350. The fourth-order valence-corrected chi connectivity index (χ4v) is 7.97. The molecule has 6 aromatic carbocycles. The van der Waals surface area contributed by atoms with Crippen LogP contribution in [0.5, 0.6) is 0 Å². The number of furan rings is 1. The SMILES string of the molecule is CC1(C)C2=C(CC(N(c3ccc(-c4ccccc4)cc3)c3ccccc3-c3cccc4c3oc3ccccc34)C=C2)c2ccccc21. The molecule has 7 aromatic rings. The second kappa shape index (κ2) is 10.7. The standard InChI is InChI=1S/C45H35NO/c1-45(2)40-20-9-6-15-34(40)39-29-33(27-28-41(39)45)46(32-25-23-31(24-26-32)30-13-4-3-5-14-30)42-21-10-7-16-35(42)37-18-12-19-38-36-17-8-11-22-43(36)47-44(37)38/h3-28,33H,29H2,1-2H3. The number of benzene rings is 6. The zero-order chi connectivity index (χ0) is 31.5. The van der Waals surface area contributed by atoms with Gasteiger partial charge in [-0.25, -0.2) is 0 Å². The second-order valence-corrected chi connectivity index (χ2v) is 13.3. The fraction of sp³-hybridized carbons (Fsp3) is 0.111. The molecule has 0 radical (unpaired) electrons. The van der Waals surface area contributed by atoms with Crippen LogP contribution in [-0.2, 0) is 5.41 Å². The average molecular weight is 606 g/mol. The summed E-state index contributed by atoms with van der Waals surface area (Å²) in [5.41, 5.74) is 14.6. The minimum absolute atomic E-state index is 0.00952. The number of fused-ring (bicyclic) bond motifs is 5. The molecule has 2 aliphatic rings. The number of hydrogen-bond donors (Lipinski definition) is 0. The van der Waals surface area contributed by atoms with Crippen molar-refractivity contribution >= 4 is 38.9 Å². The Kier molecular flexibility index (Phi) is 6.33. The molecule has 2 nitrogen and oxygen atoms in total. The average Bonchev–Trinajstić information content (AvgIpc) is 3.62. The molecule has 2 heteroatoms. The van der Waals surface area contributed by atoms with Gasteiger partial charge in [0.15, 0.2) is 0 Å². The highest BCUT2D eigenvalue weighted by Crippen LogP contribution is 2.52. The normalized spacial score (nSPS) is 16.4. The van der Waals surface area contributed by atoms with Gasteiger partial charge in [-0.2, -0.15) is 0 Å². The van der Waals surface area contributed by atoms with E-state index in [9.17, 15) is 0 Å². The van der Waals surface area contributed by atoms with Crippen LogP contribution >= 0.6 is 0 Å². The third kappa shape index (κ3) is 4.40. The van der Waals surface area contributed by atoms with Crippen molar-refractivity contribution in [3.8, 4) is 22.3 Å². The molecule has 0 spiro atoms. The van der Waals surface area contributed by atoms with E-state index in [-0.39, 0.29) is 11.5 Å². The van der Waals surface area contributed by atoms with E-state index in [4.69, 9.17) is 4.42 Å². The summed E-state index contributed by atoms with van der Waals surface area (Å²) in [7, 11) is 0. The van der Waals surface area contributed by atoms with Crippen LogP contribution in [0.1, 0.15) is 31.4 Å². The molecule has 0 saturated heterocycles. The molecule has 1 atom stereocenters. The van der Waals surface area contributed by atoms with Crippen molar-refractivity contribution in [2.45, 2.75) is 31.7 Å². The molecule has 0 fully saturated rings. The van der Waals surface area contributed by atoms with Gasteiger partial charge in [0.1, 0.15) is 11.2 Å². The molecule has 0 amide bonds. The lowest BCUT2D eigenvalue weighted by Gasteiger charge is -2.36. The third-order valence-corrected chi connectivity index (χ3v) is 10.3. The van der Waals surface area contributed by atoms with E-state index in [2.05, 4.69) is 170 Å². The van der Waals surface area contributed by atoms with Crippen LogP contribution in [0.3, 0.4) is 0 Å². The molecule has 1 heterocycles. The van der Waals surface area contributed by atoms with Crippen molar-refractivity contribution in [1.82, 2.24) is 0 Å². The number of hydrogen-bond acceptors (Lipinski definition) is 2. The largest absolute Gasteiger partial charge is 0.455 e. The maximum atomic E-state index is 6.57. The minimum atomic E-state index is -0.00952. The van der Waals surface area contributed by atoms with E-state index in [1.807, 2.05) is 6.07 Å². The maximum Gasteiger partial charge on any atom is 0.143 e. The quantitative estimate of drug-likeness (QED) is 0.194. The summed E-state index contributed by atoms with van der Waals surface area (Å²) in [6, 6.07) is 52.5. The topological polar surface area (TPSA) is 16.4 Å². The highest BCUT2D eigenvalue weighted by molar-refractivity contribution is 6.10. The summed E-state index contributed by atoms with van der Waals surface area (Å²) in [6.07, 6.45) is 5.75. The van der Waals surface area contributed by atoms with Crippen molar-refractivity contribution in [3.05, 3.63) is 174 Å². The van der Waals surface area contributed by atoms with Gasteiger partial charge in [0.05, 0.1) is 6.04 Å². The van der Waals surface area contributed by atoms with Gasteiger partial charge in [-0.15, -0.1) is 0 Å². The van der Waals surface area contributed by atoms with Crippen LogP contribution in [-0.4, -0.2) is 6.04 Å². The van der Waals surface area contributed by atoms with Gasteiger partial charge < -0.3 is 9.32 Å². The summed E-state index contributed by atoms with van der Waals surface area (Å²) in [4.78, 5) is 2.54. The first-order valence-electron chi connectivity index (χ1n) is 16.5. The number of para-hydroxylation sites is 3. The molecule has 0 saturated carbocycles. The lowest BCUT2D eigenvalue weighted by molar-refractivity contribution is 0.647. The molecule has 0 N–H and O–H groups in total. The Hall–Kier alpha value is -5.60. The van der Waals surface area contributed by atoms with Crippen molar-refractivity contribution in [3.63, 3.8) is 0 Å². The molecule has 0 bridgehead atoms. The zero-order valence-corrected chi connectivity index (χ0v) is 26.7. The lowest BCUT2D eigenvalue weighted by Crippen LogP contribution is -2.32. The first-order chi connectivity index (χ1) is 23.1. The van der Waals surface area contributed by atoms with E-state index in [1.54, 1.807) is 0 Å². The molecule has 1 unspecified atom stereocenters. The lowest BCUT2D eigenvalue weighted by atomic mass is 9.79. The van der Waals surface area contributed by atoms with Gasteiger partial charge in [-0.1, -0.05) is 147 Å². The number of nitrogens with zero attached hydrogens (tertiary/aromatic N) is 1. The van der Waals surface area contributed by atoms with Crippen LogP contribution in [0.4, 0.5) is 11.4 Å². The van der Waals surface area contributed by atoms with Crippen molar-refractivity contribution in [2.75, 3.05) is 4.90 Å². The van der Waals surface area contributed by atoms with Gasteiger partial charge in [0.25, 0.3) is 0 Å². The highest BCUT2D eigenvalue weighted by Gasteiger charge is 2.39. The van der Waals surface area contributed by atoms with Gasteiger partial charge in [-0.05, 0) is 64.1 Å². The Morgan fingerprint density at radius 1 is 0.596 bits per heavy atom. The summed E-state index contributed by atoms with van der Waals surface area (Å²) < 4.78 is 6.57. The van der Waals surface area contributed by atoms with E-state index in [0.717, 1.165) is 50.9 Å². The molecule has 2 aliphatic carbocycles. The maximum absolute atomic E-state index is 6.57. The van der Waals surface area contributed by atoms with E-state index in [1.165, 1.54) is 33.4 Å². The van der Waals surface area contributed by atoms with E-state index < -0.39 is 0 Å². The summed E-state index contributed by atoms with van der Waals surface area (Å²) >= 11 is 0. The van der Waals surface area contributed by atoms with E-state index in [0.29, 0.717) is 0 Å². The summed E-state index contributed by atoms with van der Waals surface area (Å²) in [6.45, 7) is 4.73. The van der Waals surface area contributed by atoms with Gasteiger partial charge >= 0.3 is 0 Å². The summed E-state index contributed by atoms with van der Waals surface area (Å²) in [5.74, 6) is 0. The zero-order valence-electron chi connectivity index (χ0n) is 26.7. The predicted molar refractivity (Wildman–Crippen MR) is 197 cm³/mol. The monoisotopic (exact) mass is 605 g/mol. The fourth-order valence-electron chi connectivity index (χ4n) is 7.97. The van der Waals surface area contributed by atoms with Crippen molar-refractivity contribution in [2.24, 2.45) is 0 Å². The van der Waals surface area contributed by atoms with Gasteiger partial charge in [0, 0.05) is 38.7 Å². The Morgan fingerprint density at radius 2 is 1.26 bits per heavy atom. The highest BCUT2D eigenvalue weighted by atomic mass is 16.3. The first-order valence-corrected chi connectivity index (χ1v) is 16.5. The molecule has 9 rings (SSSR count). The molecular formula is C45H35NO. The number of anilines is 2. The molecule has 226 valence electrons. The predicted octanol–water partition coefficient (Wildman–Crippen LogP) is 12.1. The molecule has 1 aromatic heterocycles. The van der Waals surface area contributed by atoms with Crippen LogP contribution < -0.4 is 4.90 Å².